The second kappa shape index (κ2) is 6.60. The van der Waals surface area contributed by atoms with Crippen molar-refractivity contribution in [1.82, 2.24) is 0 Å². The molecule has 5 atom stereocenters. The molecule has 0 aromatic heterocycles. The first-order chi connectivity index (χ1) is 13.6. The van der Waals surface area contributed by atoms with Gasteiger partial charge in [-0.05, 0) is 68.4 Å². The predicted octanol–water partition coefficient (Wildman–Crippen LogP) is 5.00. The molecule has 28 heavy (non-hydrogen) atoms. The Hall–Kier alpha value is -1.84. The lowest BCUT2D eigenvalue weighted by Crippen LogP contribution is -2.50. The van der Waals surface area contributed by atoms with Crippen molar-refractivity contribution >= 4 is 11.9 Å². The molecule has 150 valence electrons. The van der Waals surface area contributed by atoms with Gasteiger partial charge in [-0.3, -0.25) is 0 Å². The molecule has 6 aliphatic rings. The van der Waals surface area contributed by atoms with Crippen LogP contribution in [0, 0.1) is 23.2 Å². The van der Waals surface area contributed by atoms with Crippen LogP contribution in [0.4, 0.5) is 0 Å². The summed E-state index contributed by atoms with van der Waals surface area (Å²) in [6, 6.07) is 0. The number of ether oxygens (including phenoxy) is 2. The Balaban J connectivity index is 1.63. The van der Waals surface area contributed by atoms with Gasteiger partial charge in [-0.2, -0.15) is 0 Å². The molecule has 2 heterocycles. The standard InChI is InChI=1S/C24H30O4/c1-3-5-7-18-16-10-9-15-14-11-12-24(21(15)20(16)23(26)27-18)17(13-14)22(25)28-19(24)8-6-4-2/h8,13-15,18,21H,3-7,9-12H2,1-2H3/b19-8-/t14-,15+,18-,21-,24+/m1/s1. The third-order valence-electron chi connectivity index (χ3n) is 7.80. The van der Waals surface area contributed by atoms with Crippen molar-refractivity contribution in [2.24, 2.45) is 23.2 Å². The summed E-state index contributed by atoms with van der Waals surface area (Å²) >= 11 is 0. The number of rotatable bonds is 5. The number of carbonyl (C=O) groups is 2. The van der Waals surface area contributed by atoms with E-state index in [1.807, 2.05) is 0 Å². The number of fused-ring (bicyclic) bond motifs is 1. The third-order valence-corrected chi connectivity index (χ3v) is 7.80. The molecule has 0 aromatic carbocycles. The van der Waals surface area contributed by atoms with E-state index in [1.165, 1.54) is 5.57 Å². The van der Waals surface area contributed by atoms with E-state index in [1.54, 1.807) is 0 Å². The SMILES string of the molecule is CCC/C=C1\OC(=O)C2=C[C@H]3CC[C@]21[C@H]1C2=C(CC[C@@H]31)[C@@H](CCCC)OC2=O. The number of unbranched alkanes of at least 4 members (excludes halogenated alkanes) is 2. The van der Waals surface area contributed by atoms with Gasteiger partial charge in [0.05, 0.1) is 5.41 Å². The van der Waals surface area contributed by atoms with Crippen LogP contribution in [0.15, 0.2) is 34.6 Å². The van der Waals surface area contributed by atoms with Crippen LogP contribution < -0.4 is 0 Å². The summed E-state index contributed by atoms with van der Waals surface area (Å²) in [4.78, 5) is 25.8. The molecular formula is C24H30O4. The van der Waals surface area contributed by atoms with Crippen molar-refractivity contribution in [1.29, 1.82) is 0 Å². The molecule has 0 N–H and O–H groups in total. The van der Waals surface area contributed by atoms with Gasteiger partial charge in [0, 0.05) is 17.1 Å². The van der Waals surface area contributed by atoms with Crippen LogP contribution in [0.1, 0.15) is 71.6 Å². The molecule has 4 heteroatoms. The Morgan fingerprint density at radius 3 is 2.82 bits per heavy atom. The molecule has 0 aromatic rings. The van der Waals surface area contributed by atoms with Gasteiger partial charge in [0.25, 0.3) is 0 Å². The first-order valence-electron chi connectivity index (χ1n) is 11.2. The van der Waals surface area contributed by atoms with Crippen LogP contribution in [-0.2, 0) is 19.1 Å². The van der Waals surface area contributed by atoms with Gasteiger partial charge >= 0.3 is 11.9 Å². The van der Waals surface area contributed by atoms with Gasteiger partial charge in [-0.1, -0.05) is 32.8 Å². The number of cyclic esters (lactones) is 2. The van der Waals surface area contributed by atoms with Gasteiger partial charge in [0.2, 0.25) is 0 Å². The Morgan fingerprint density at radius 2 is 2.04 bits per heavy atom. The van der Waals surface area contributed by atoms with Crippen LogP contribution in [0.5, 0.6) is 0 Å². The number of hydrogen-bond acceptors (Lipinski definition) is 4. The molecule has 4 nitrogen and oxygen atoms in total. The first-order valence-corrected chi connectivity index (χ1v) is 11.2. The fourth-order valence-corrected chi connectivity index (χ4v) is 6.63. The topological polar surface area (TPSA) is 52.6 Å². The highest BCUT2D eigenvalue weighted by molar-refractivity contribution is 5.99. The number of allylic oxidation sites excluding steroid dienone is 3. The zero-order valence-corrected chi connectivity index (χ0v) is 17.0. The Bertz CT molecular complexity index is 816. The Morgan fingerprint density at radius 1 is 1.18 bits per heavy atom. The molecule has 4 aliphatic carbocycles. The van der Waals surface area contributed by atoms with Crippen LogP contribution in [0.3, 0.4) is 0 Å². The summed E-state index contributed by atoms with van der Waals surface area (Å²) in [5, 5.41) is 0. The van der Waals surface area contributed by atoms with Crippen molar-refractivity contribution in [3.05, 3.63) is 34.6 Å². The molecule has 1 saturated heterocycles. The molecule has 1 saturated carbocycles. The summed E-state index contributed by atoms with van der Waals surface area (Å²) in [7, 11) is 0. The van der Waals surface area contributed by atoms with Gasteiger partial charge in [-0.25, -0.2) is 9.59 Å². The normalized spacial score (nSPS) is 39.5. The summed E-state index contributed by atoms with van der Waals surface area (Å²) in [6.45, 7) is 4.31. The van der Waals surface area contributed by atoms with Crippen molar-refractivity contribution < 1.29 is 19.1 Å². The second-order valence-corrected chi connectivity index (χ2v) is 9.16. The van der Waals surface area contributed by atoms with Crippen molar-refractivity contribution in [2.45, 2.75) is 77.7 Å². The van der Waals surface area contributed by atoms with E-state index < -0.39 is 5.41 Å². The fourth-order valence-electron chi connectivity index (χ4n) is 6.63. The molecular weight excluding hydrogens is 352 g/mol. The molecule has 1 spiro atoms. The molecule has 2 fully saturated rings. The van der Waals surface area contributed by atoms with Crippen LogP contribution in [-0.4, -0.2) is 18.0 Å². The molecule has 0 radical (unpaired) electrons. The Kier molecular flexibility index (Phi) is 4.29. The lowest BCUT2D eigenvalue weighted by molar-refractivity contribution is -0.141. The van der Waals surface area contributed by atoms with E-state index >= 15 is 0 Å². The van der Waals surface area contributed by atoms with E-state index in [0.29, 0.717) is 11.8 Å². The number of esters is 2. The van der Waals surface area contributed by atoms with Crippen molar-refractivity contribution in [3.63, 3.8) is 0 Å². The van der Waals surface area contributed by atoms with E-state index in [2.05, 4.69) is 26.0 Å². The summed E-state index contributed by atoms with van der Waals surface area (Å²) in [6.07, 6.45) is 13.3. The van der Waals surface area contributed by atoms with Crippen molar-refractivity contribution in [3.8, 4) is 0 Å². The minimum absolute atomic E-state index is 0.0474. The van der Waals surface area contributed by atoms with Gasteiger partial charge in [0.1, 0.15) is 11.9 Å². The number of carbonyl (C=O) groups excluding carboxylic acids is 2. The lowest BCUT2D eigenvalue weighted by atomic mass is 9.46. The van der Waals surface area contributed by atoms with Crippen LogP contribution in [0.2, 0.25) is 0 Å². The largest absolute Gasteiger partial charge is 0.454 e. The van der Waals surface area contributed by atoms with Crippen LogP contribution in [0.25, 0.3) is 0 Å². The van der Waals surface area contributed by atoms with E-state index in [4.69, 9.17) is 9.47 Å². The smallest absolute Gasteiger partial charge is 0.339 e. The molecule has 6 rings (SSSR count). The minimum atomic E-state index is -0.425. The van der Waals surface area contributed by atoms with Gasteiger partial charge in [0.15, 0.2) is 0 Å². The summed E-state index contributed by atoms with van der Waals surface area (Å²) < 4.78 is 11.7. The highest BCUT2D eigenvalue weighted by Gasteiger charge is 2.66. The average molecular weight is 383 g/mol. The number of hydrogen-bond donors (Lipinski definition) is 0. The fraction of sp³-hybridized carbons (Fsp3) is 0.667. The quantitative estimate of drug-likeness (QED) is 0.628. The average Bonchev–Trinajstić information content (AvgIpc) is 3.19. The van der Waals surface area contributed by atoms with Gasteiger partial charge in [-0.15, -0.1) is 0 Å². The molecule has 2 aliphatic heterocycles. The van der Waals surface area contributed by atoms with E-state index in [-0.39, 0.29) is 24.0 Å². The van der Waals surface area contributed by atoms with E-state index in [0.717, 1.165) is 74.7 Å². The minimum Gasteiger partial charge on any atom is -0.454 e. The van der Waals surface area contributed by atoms with Crippen LogP contribution >= 0.6 is 0 Å². The monoisotopic (exact) mass is 382 g/mol. The zero-order chi connectivity index (χ0) is 19.5. The van der Waals surface area contributed by atoms with Gasteiger partial charge < -0.3 is 9.47 Å². The predicted molar refractivity (Wildman–Crippen MR) is 105 cm³/mol. The summed E-state index contributed by atoms with van der Waals surface area (Å²) in [5.41, 5.74) is 2.54. The molecule has 0 amide bonds. The molecule has 2 bridgehead atoms. The molecule has 0 unspecified atom stereocenters. The summed E-state index contributed by atoms with van der Waals surface area (Å²) in [5.74, 6) is 1.37. The lowest BCUT2D eigenvalue weighted by Gasteiger charge is -2.54. The highest BCUT2D eigenvalue weighted by atomic mass is 16.6. The first kappa shape index (κ1) is 18.2. The second-order valence-electron chi connectivity index (χ2n) is 9.16. The zero-order valence-electron chi connectivity index (χ0n) is 17.0. The van der Waals surface area contributed by atoms with E-state index in [9.17, 15) is 9.59 Å². The maximum absolute atomic E-state index is 13.1. The highest BCUT2D eigenvalue weighted by Crippen LogP contribution is 2.68. The third kappa shape index (κ3) is 2.29. The van der Waals surface area contributed by atoms with Crippen molar-refractivity contribution in [2.75, 3.05) is 0 Å². The Labute approximate surface area is 167 Å². The maximum atomic E-state index is 13.1. The maximum Gasteiger partial charge on any atom is 0.339 e.